The topological polar surface area (TPSA) is 17.1 Å². The molecular formula is C30H38O. The lowest BCUT2D eigenvalue weighted by Crippen LogP contribution is -2.31. The summed E-state index contributed by atoms with van der Waals surface area (Å²) in [4.78, 5) is 12.2. The van der Waals surface area contributed by atoms with E-state index in [2.05, 4.69) is 71.2 Å². The van der Waals surface area contributed by atoms with E-state index in [4.69, 9.17) is 0 Å². The van der Waals surface area contributed by atoms with Crippen molar-refractivity contribution < 1.29 is 4.79 Å². The van der Waals surface area contributed by atoms with Crippen LogP contribution in [0.3, 0.4) is 0 Å². The minimum atomic E-state index is -0.0294. The zero-order chi connectivity index (χ0) is 23.0. The van der Waals surface area contributed by atoms with Gasteiger partial charge in [0, 0.05) is 11.0 Å². The Labute approximate surface area is 189 Å². The number of rotatable bonds is 5. The van der Waals surface area contributed by atoms with Crippen LogP contribution in [0.15, 0.2) is 49.6 Å². The molecule has 1 saturated carbocycles. The van der Waals surface area contributed by atoms with Crippen LogP contribution in [0.2, 0.25) is 0 Å². The number of carbonyl (C=O) groups is 1. The molecular weight excluding hydrogens is 376 g/mol. The normalized spacial score (nSPS) is 16.1. The molecule has 2 aromatic rings. The van der Waals surface area contributed by atoms with Gasteiger partial charge in [-0.3, -0.25) is 4.79 Å². The van der Waals surface area contributed by atoms with Crippen molar-refractivity contribution in [3.63, 3.8) is 0 Å². The van der Waals surface area contributed by atoms with E-state index in [-0.39, 0.29) is 16.6 Å². The van der Waals surface area contributed by atoms with Gasteiger partial charge >= 0.3 is 0 Å². The first-order valence-corrected chi connectivity index (χ1v) is 11.6. The summed E-state index contributed by atoms with van der Waals surface area (Å²) in [5.74, 6) is 0.0985. The Morgan fingerprint density at radius 2 is 1.29 bits per heavy atom. The minimum Gasteiger partial charge on any atom is -0.294 e. The third-order valence-corrected chi connectivity index (χ3v) is 6.96. The first kappa shape index (κ1) is 23.3. The lowest BCUT2D eigenvalue weighted by molar-refractivity contribution is 0.101. The third kappa shape index (κ3) is 4.47. The number of allylic oxidation sites excluding steroid dienone is 2. The first-order chi connectivity index (χ1) is 14.5. The number of carbonyl (C=O) groups excluding carboxylic acids is 1. The van der Waals surface area contributed by atoms with E-state index >= 15 is 0 Å². The fourth-order valence-electron chi connectivity index (χ4n) is 5.25. The van der Waals surface area contributed by atoms with Crippen molar-refractivity contribution in [1.29, 1.82) is 0 Å². The molecule has 1 aliphatic rings. The fraction of sp³-hybridized carbons (Fsp3) is 0.433. The predicted molar refractivity (Wildman–Crippen MR) is 135 cm³/mol. The summed E-state index contributed by atoms with van der Waals surface area (Å²) in [5, 5.41) is 0. The largest absolute Gasteiger partial charge is 0.294 e. The van der Waals surface area contributed by atoms with Crippen molar-refractivity contribution in [3.05, 3.63) is 82.9 Å². The molecule has 0 atom stereocenters. The van der Waals surface area contributed by atoms with Gasteiger partial charge in [0.2, 0.25) is 0 Å². The van der Waals surface area contributed by atoms with Crippen molar-refractivity contribution in [1.82, 2.24) is 0 Å². The summed E-state index contributed by atoms with van der Waals surface area (Å²) in [6.07, 6.45) is 5.99. The van der Waals surface area contributed by atoms with Crippen molar-refractivity contribution in [3.8, 4) is 0 Å². The summed E-state index contributed by atoms with van der Waals surface area (Å²) in [6, 6.07) is 13.5. The summed E-state index contributed by atoms with van der Waals surface area (Å²) in [6.45, 7) is 21.0. The molecule has 3 rings (SSSR count). The minimum absolute atomic E-state index is 0.0294. The second-order valence-electron chi connectivity index (χ2n) is 10.5. The molecule has 0 heterocycles. The second kappa shape index (κ2) is 8.61. The van der Waals surface area contributed by atoms with Gasteiger partial charge in [-0.05, 0) is 72.9 Å². The molecule has 0 N–H and O–H groups in total. The van der Waals surface area contributed by atoms with Gasteiger partial charge in [-0.2, -0.15) is 0 Å². The molecule has 1 aliphatic carbocycles. The maximum Gasteiger partial charge on any atom is 0.160 e. The van der Waals surface area contributed by atoms with Gasteiger partial charge in [0.05, 0.1) is 0 Å². The molecule has 0 aromatic heterocycles. The molecule has 0 radical (unpaired) electrons. The van der Waals surface area contributed by atoms with E-state index in [9.17, 15) is 4.79 Å². The van der Waals surface area contributed by atoms with Gasteiger partial charge in [-0.25, -0.2) is 0 Å². The molecule has 0 bridgehead atoms. The maximum absolute atomic E-state index is 12.2. The highest BCUT2D eigenvalue weighted by Gasteiger charge is 2.37. The summed E-state index contributed by atoms with van der Waals surface area (Å²) >= 11 is 0. The standard InChI is InChI=1S/C30H38O/c1-20(2)26-18-23(12-14-25(26)22(5)31)30(16-10-9-11-17-30)24-13-15-28(29(6,7)8)27(19-24)21(3)4/h12-15,18-19H,1,3,9-11,16-17H2,2,4-8H3. The van der Waals surface area contributed by atoms with Crippen molar-refractivity contribution in [2.45, 2.75) is 84.5 Å². The molecule has 0 unspecified atom stereocenters. The van der Waals surface area contributed by atoms with Crippen LogP contribution in [0.25, 0.3) is 11.1 Å². The van der Waals surface area contributed by atoms with Crippen LogP contribution in [0, 0.1) is 0 Å². The number of ketones is 1. The highest BCUT2D eigenvalue weighted by molar-refractivity contribution is 5.99. The van der Waals surface area contributed by atoms with Gasteiger partial charge < -0.3 is 0 Å². The Morgan fingerprint density at radius 1 is 0.774 bits per heavy atom. The molecule has 0 spiro atoms. The van der Waals surface area contributed by atoms with Crippen LogP contribution in [0.4, 0.5) is 0 Å². The Kier molecular flexibility index (Phi) is 6.46. The Hall–Kier alpha value is -2.41. The maximum atomic E-state index is 12.2. The molecule has 2 aromatic carbocycles. The van der Waals surface area contributed by atoms with Crippen molar-refractivity contribution in [2.24, 2.45) is 0 Å². The number of hydrogen-bond acceptors (Lipinski definition) is 1. The first-order valence-electron chi connectivity index (χ1n) is 11.6. The van der Waals surface area contributed by atoms with Gasteiger partial charge in [0.15, 0.2) is 5.78 Å². The molecule has 1 nitrogen and oxygen atoms in total. The fourth-order valence-corrected chi connectivity index (χ4v) is 5.25. The lowest BCUT2D eigenvalue weighted by atomic mass is 9.64. The Morgan fingerprint density at radius 3 is 1.77 bits per heavy atom. The summed E-state index contributed by atoms with van der Waals surface area (Å²) < 4.78 is 0. The van der Waals surface area contributed by atoms with Gasteiger partial charge in [0.1, 0.15) is 0 Å². The molecule has 0 saturated heterocycles. The zero-order valence-electron chi connectivity index (χ0n) is 20.3. The summed E-state index contributed by atoms with van der Waals surface area (Å²) in [7, 11) is 0. The van der Waals surface area contributed by atoms with E-state index in [1.807, 2.05) is 13.0 Å². The number of Topliss-reactive ketones (excluding diaryl/α,β-unsaturated/α-hetero) is 1. The average molecular weight is 415 g/mol. The van der Waals surface area contributed by atoms with Crippen LogP contribution < -0.4 is 0 Å². The van der Waals surface area contributed by atoms with E-state index in [1.54, 1.807) is 6.92 Å². The highest BCUT2D eigenvalue weighted by Crippen LogP contribution is 2.47. The Bertz CT molecular complexity index is 1020. The van der Waals surface area contributed by atoms with E-state index in [0.29, 0.717) is 0 Å². The monoisotopic (exact) mass is 414 g/mol. The van der Waals surface area contributed by atoms with E-state index < -0.39 is 0 Å². The molecule has 164 valence electrons. The van der Waals surface area contributed by atoms with Crippen molar-refractivity contribution in [2.75, 3.05) is 0 Å². The molecule has 1 heteroatoms. The van der Waals surface area contributed by atoms with E-state index in [0.717, 1.165) is 35.1 Å². The van der Waals surface area contributed by atoms with Crippen LogP contribution in [0.1, 0.15) is 112 Å². The lowest BCUT2D eigenvalue weighted by Gasteiger charge is -2.40. The predicted octanol–water partition coefficient (Wildman–Crippen LogP) is 8.50. The van der Waals surface area contributed by atoms with Crippen LogP contribution in [-0.4, -0.2) is 5.78 Å². The Balaban J connectivity index is 2.25. The van der Waals surface area contributed by atoms with Crippen molar-refractivity contribution >= 4 is 16.9 Å². The highest BCUT2D eigenvalue weighted by atomic mass is 16.1. The van der Waals surface area contributed by atoms with Gasteiger partial charge in [-0.15, -0.1) is 0 Å². The number of benzene rings is 2. The van der Waals surface area contributed by atoms with Gasteiger partial charge in [-0.1, -0.05) is 94.7 Å². The van der Waals surface area contributed by atoms with Crippen LogP contribution in [-0.2, 0) is 10.8 Å². The van der Waals surface area contributed by atoms with E-state index in [1.165, 1.54) is 41.5 Å². The SMILES string of the molecule is C=C(C)c1cc(C2(c3ccc(C(C)(C)C)c(C(=C)C)c3)CCCCC2)ccc1C(C)=O. The second-order valence-corrected chi connectivity index (χ2v) is 10.5. The smallest absolute Gasteiger partial charge is 0.160 e. The summed E-state index contributed by atoms with van der Waals surface area (Å²) in [5.41, 5.74) is 9.18. The third-order valence-electron chi connectivity index (χ3n) is 6.96. The van der Waals surface area contributed by atoms with Crippen LogP contribution in [0.5, 0.6) is 0 Å². The quantitative estimate of drug-likeness (QED) is 0.448. The molecule has 0 amide bonds. The zero-order valence-corrected chi connectivity index (χ0v) is 20.3. The van der Waals surface area contributed by atoms with Gasteiger partial charge in [0.25, 0.3) is 0 Å². The van der Waals surface area contributed by atoms with Crippen LogP contribution >= 0.6 is 0 Å². The molecule has 1 fully saturated rings. The molecule has 31 heavy (non-hydrogen) atoms. The molecule has 0 aliphatic heterocycles. The average Bonchev–Trinajstić information content (AvgIpc) is 2.72. The number of hydrogen-bond donors (Lipinski definition) is 0.